The average molecular weight is 270 g/mol. The van der Waals surface area contributed by atoms with Gasteiger partial charge in [0.25, 0.3) is 0 Å². The number of hydrogen-bond acceptors (Lipinski definition) is 6. The lowest BCUT2D eigenvalue weighted by Gasteiger charge is -2.21. The number of esters is 1. The summed E-state index contributed by atoms with van der Waals surface area (Å²) in [6.07, 6.45) is 2.45. The molecule has 1 fully saturated rings. The molecule has 2 heterocycles. The van der Waals surface area contributed by atoms with E-state index in [4.69, 9.17) is 4.74 Å². The van der Waals surface area contributed by atoms with Gasteiger partial charge in [0.1, 0.15) is 0 Å². The Morgan fingerprint density at radius 3 is 3.11 bits per heavy atom. The SMILES string of the molecule is COC(=O)Cc1csc(NCC2CCOCC2)n1. The van der Waals surface area contributed by atoms with Crippen LogP contribution in [-0.2, 0) is 20.7 Å². The van der Waals surface area contributed by atoms with E-state index in [-0.39, 0.29) is 12.4 Å². The van der Waals surface area contributed by atoms with E-state index in [2.05, 4.69) is 15.0 Å². The number of carbonyl (C=O) groups is 1. The third-order valence-electron chi connectivity index (χ3n) is 2.99. The zero-order chi connectivity index (χ0) is 12.8. The van der Waals surface area contributed by atoms with Crippen molar-refractivity contribution >= 4 is 22.4 Å². The van der Waals surface area contributed by atoms with Gasteiger partial charge in [0.15, 0.2) is 5.13 Å². The molecule has 100 valence electrons. The van der Waals surface area contributed by atoms with Gasteiger partial charge in [-0.05, 0) is 18.8 Å². The lowest BCUT2D eigenvalue weighted by Crippen LogP contribution is -2.22. The maximum absolute atomic E-state index is 11.1. The molecular formula is C12H18N2O3S. The molecule has 2 rings (SSSR count). The molecule has 0 unspecified atom stereocenters. The zero-order valence-corrected chi connectivity index (χ0v) is 11.3. The molecule has 0 atom stereocenters. The molecule has 0 amide bonds. The van der Waals surface area contributed by atoms with Gasteiger partial charge in [-0.2, -0.15) is 0 Å². The molecule has 1 N–H and O–H groups in total. The third-order valence-corrected chi connectivity index (χ3v) is 3.84. The van der Waals surface area contributed by atoms with Gasteiger partial charge in [-0.1, -0.05) is 0 Å². The van der Waals surface area contributed by atoms with Crippen LogP contribution in [0.25, 0.3) is 0 Å². The molecule has 0 bridgehead atoms. The maximum atomic E-state index is 11.1. The molecule has 6 heteroatoms. The minimum atomic E-state index is -0.253. The summed E-state index contributed by atoms with van der Waals surface area (Å²) in [6.45, 7) is 2.64. The first kappa shape index (κ1) is 13.3. The second-order valence-electron chi connectivity index (χ2n) is 4.33. The van der Waals surface area contributed by atoms with Gasteiger partial charge in [0.2, 0.25) is 0 Å². The van der Waals surface area contributed by atoms with E-state index in [1.54, 1.807) is 0 Å². The highest BCUT2D eigenvalue weighted by Gasteiger charge is 2.14. The van der Waals surface area contributed by atoms with Crippen molar-refractivity contribution < 1.29 is 14.3 Å². The first-order chi connectivity index (χ1) is 8.78. The lowest BCUT2D eigenvalue weighted by molar-refractivity contribution is -0.139. The fourth-order valence-corrected chi connectivity index (χ4v) is 2.59. The number of carbonyl (C=O) groups excluding carboxylic acids is 1. The molecule has 1 aromatic heterocycles. The van der Waals surface area contributed by atoms with Crippen LogP contribution in [-0.4, -0.2) is 37.8 Å². The van der Waals surface area contributed by atoms with Gasteiger partial charge in [0.05, 0.1) is 19.2 Å². The highest BCUT2D eigenvalue weighted by atomic mass is 32.1. The van der Waals surface area contributed by atoms with E-state index in [1.165, 1.54) is 18.4 Å². The van der Waals surface area contributed by atoms with E-state index in [9.17, 15) is 4.79 Å². The van der Waals surface area contributed by atoms with Crippen LogP contribution in [0.2, 0.25) is 0 Å². The number of anilines is 1. The largest absolute Gasteiger partial charge is 0.469 e. The van der Waals surface area contributed by atoms with Crippen LogP contribution in [0.1, 0.15) is 18.5 Å². The normalized spacial score (nSPS) is 16.5. The summed E-state index contributed by atoms with van der Waals surface area (Å²) in [5.74, 6) is 0.406. The summed E-state index contributed by atoms with van der Waals surface area (Å²) in [5.41, 5.74) is 0.765. The Morgan fingerprint density at radius 1 is 1.61 bits per heavy atom. The van der Waals surface area contributed by atoms with Crippen LogP contribution in [0, 0.1) is 5.92 Å². The number of hydrogen-bond donors (Lipinski definition) is 1. The topological polar surface area (TPSA) is 60.5 Å². The Balaban J connectivity index is 1.77. The summed E-state index contributed by atoms with van der Waals surface area (Å²) in [5, 5.41) is 6.09. The molecule has 1 aliphatic heterocycles. The smallest absolute Gasteiger partial charge is 0.311 e. The monoisotopic (exact) mass is 270 g/mol. The summed E-state index contributed by atoms with van der Waals surface area (Å²) < 4.78 is 9.93. The van der Waals surface area contributed by atoms with Gasteiger partial charge in [0, 0.05) is 25.1 Å². The fourth-order valence-electron chi connectivity index (χ4n) is 1.87. The van der Waals surface area contributed by atoms with Crippen molar-refractivity contribution in [2.45, 2.75) is 19.3 Å². The van der Waals surface area contributed by atoms with Gasteiger partial charge >= 0.3 is 5.97 Å². The Hall–Kier alpha value is -1.14. The van der Waals surface area contributed by atoms with E-state index < -0.39 is 0 Å². The van der Waals surface area contributed by atoms with Crippen molar-refractivity contribution in [1.29, 1.82) is 0 Å². The van der Waals surface area contributed by atoms with Crippen molar-refractivity contribution in [2.24, 2.45) is 5.92 Å². The predicted octanol–water partition coefficient (Wildman–Crippen LogP) is 1.70. The average Bonchev–Trinajstić information content (AvgIpc) is 2.85. The van der Waals surface area contributed by atoms with Crippen molar-refractivity contribution in [3.05, 3.63) is 11.1 Å². The molecule has 1 aliphatic rings. The number of thiazole rings is 1. The lowest BCUT2D eigenvalue weighted by atomic mass is 10.0. The molecule has 1 saturated heterocycles. The number of nitrogens with one attached hydrogen (secondary N) is 1. The molecular weight excluding hydrogens is 252 g/mol. The highest BCUT2D eigenvalue weighted by Crippen LogP contribution is 2.19. The van der Waals surface area contributed by atoms with E-state index in [0.29, 0.717) is 5.92 Å². The standard InChI is InChI=1S/C12H18N2O3S/c1-16-11(15)6-10-8-18-12(14-10)13-7-9-2-4-17-5-3-9/h8-9H,2-7H2,1H3,(H,13,14). The minimum absolute atomic E-state index is 0.242. The van der Waals surface area contributed by atoms with Gasteiger partial charge in [-0.15, -0.1) is 11.3 Å². The van der Waals surface area contributed by atoms with Crippen LogP contribution in [0.4, 0.5) is 5.13 Å². The van der Waals surface area contributed by atoms with Crippen LogP contribution in [0.5, 0.6) is 0 Å². The number of rotatable bonds is 5. The Morgan fingerprint density at radius 2 is 2.39 bits per heavy atom. The predicted molar refractivity (Wildman–Crippen MR) is 69.9 cm³/mol. The molecule has 1 aromatic rings. The first-order valence-corrected chi connectivity index (χ1v) is 6.98. The fraction of sp³-hybridized carbons (Fsp3) is 0.667. The van der Waals surface area contributed by atoms with Gasteiger partial charge in [-0.25, -0.2) is 4.98 Å². The Kier molecular flexibility index (Phi) is 4.95. The van der Waals surface area contributed by atoms with Gasteiger partial charge < -0.3 is 14.8 Å². The molecule has 0 saturated carbocycles. The van der Waals surface area contributed by atoms with E-state index in [0.717, 1.165) is 43.4 Å². The van der Waals surface area contributed by atoms with Crippen molar-refractivity contribution in [1.82, 2.24) is 4.98 Å². The van der Waals surface area contributed by atoms with Crippen LogP contribution >= 0.6 is 11.3 Å². The summed E-state index contributed by atoms with van der Waals surface area (Å²) in [7, 11) is 1.39. The van der Waals surface area contributed by atoms with Gasteiger partial charge in [-0.3, -0.25) is 4.79 Å². The second kappa shape index (κ2) is 6.70. The van der Waals surface area contributed by atoms with E-state index >= 15 is 0 Å². The highest BCUT2D eigenvalue weighted by molar-refractivity contribution is 7.13. The first-order valence-electron chi connectivity index (χ1n) is 6.10. The number of methoxy groups -OCH3 is 1. The van der Waals surface area contributed by atoms with Crippen molar-refractivity contribution in [3.8, 4) is 0 Å². The summed E-state index contributed by atoms with van der Waals surface area (Å²) in [4.78, 5) is 15.5. The summed E-state index contributed by atoms with van der Waals surface area (Å²) >= 11 is 1.53. The summed E-state index contributed by atoms with van der Waals surface area (Å²) in [6, 6.07) is 0. The number of nitrogens with zero attached hydrogens (tertiary/aromatic N) is 1. The quantitative estimate of drug-likeness (QED) is 0.825. The Bertz CT molecular complexity index is 388. The van der Waals surface area contributed by atoms with E-state index in [1.807, 2.05) is 5.38 Å². The number of aromatic nitrogens is 1. The second-order valence-corrected chi connectivity index (χ2v) is 5.19. The maximum Gasteiger partial charge on any atom is 0.311 e. The third kappa shape index (κ3) is 3.96. The minimum Gasteiger partial charge on any atom is -0.469 e. The molecule has 0 radical (unpaired) electrons. The van der Waals surface area contributed by atoms with Crippen molar-refractivity contribution in [3.63, 3.8) is 0 Å². The van der Waals surface area contributed by atoms with Crippen LogP contribution < -0.4 is 5.32 Å². The molecule has 0 spiro atoms. The zero-order valence-electron chi connectivity index (χ0n) is 10.5. The molecule has 0 aromatic carbocycles. The molecule has 18 heavy (non-hydrogen) atoms. The Labute approximate surface area is 111 Å². The van der Waals surface area contributed by atoms with Crippen LogP contribution in [0.3, 0.4) is 0 Å². The molecule has 0 aliphatic carbocycles. The molecule has 5 nitrogen and oxygen atoms in total. The number of ether oxygens (including phenoxy) is 2. The van der Waals surface area contributed by atoms with Crippen molar-refractivity contribution in [2.75, 3.05) is 32.2 Å². The van der Waals surface area contributed by atoms with Crippen LogP contribution in [0.15, 0.2) is 5.38 Å².